The van der Waals surface area contributed by atoms with Crippen molar-refractivity contribution in [3.8, 4) is 5.75 Å². The number of amides is 1. The van der Waals surface area contributed by atoms with Crippen molar-refractivity contribution in [3.63, 3.8) is 0 Å². The van der Waals surface area contributed by atoms with Crippen LogP contribution in [0.3, 0.4) is 0 Å². The van der Waals surface area contributed by atoms with Gasteiger partial charge in [0.2, 0.25) is 0 Å². The predicted molar refractivity (Wildman–Crippen MR) is 78.1 cm³/mol. The summed E-state index contributed by atoms with van der Waals surface area (Å²) in [5.41, 5.74) is -0.810. The number of hydrogen-bond acceptors (Lipinski definition) is 3. The number of ether oxygens (including phenoxy) is 2. The first-order chi connectivity index (χ1) is 10.8. The first-order valence-electron chi connectivity index (χ1n) is 7.53. The van der Waals surface area contributed by atoms with Gasteiger partial charge < -0.3 is 14.8 Å². The van der Waals surface area contributed by atoms with Gasteiger partial charge >= 0.3 is 6.18 Å². The highest BCUT2D eigenvalue weighted by Crippen LogP contribution is 2.31. The number of rotatable bonds is 5. The maximum Gasteiger partial charge on any atom is 0.416 e. The Kier molecular flexibility index (Phi) is 5.51. The van der Waals surface area contributed by atoms with E-state index >= 15 is 0 Å². The van der Waals surface area contributed by atoms with Crippen LogP contribution in [0, 0.1) is 0 Å². The largest absolute Gasteiger partial charge is 0.481 e. The van der Waals surface area contributed by atoms with E-state index in [4.69, 9.17) is 9.47 Å². The molecule has 0 unspecified atom stereocenters. The molecule has 0 aromatic heterocycles. The van der Waals surface area contributed by atoms with Gasteiger partial charge in [-0.2, -0.15) is 13.2 Å². The van der Waals surface area contributed by atoms with Crippen LogP contribution >= 0.6 is 0 Å². The molecule has 0 bridgehead atoms. The Balaban J connectivity index is 1.93. The molecule has 1 aromatic carbocycles. The number of hydrogen-bond donors (Lipinski definition) is 1. The van der Waals surface area contributed by atoms with Crippen molar-refractivity contribution in [1.29, 1.82) is 0 Å². The highest BCUT2D eigenvalue weighted by molar-refractivity contribution is 5.81. The topological polar surface area (TPSA) is 47.6 Å². The molecule has 1 amide bonds. The summed E-state index contributed by atoms with van der Waals surface area (Å²) in [5, 5.41) is 2.78. The van der Waals surface area contributed by atoms with Gasteiger partial charge in [-0.05, 0) is 44.9 Å². The molecular formula is C16H20F3NO3. The Morgan fingerprint density at radius 2 is 2.13 bits per heavy atom. The highest BCUT2D eigenvalue weighted by atomic mass is 19.4. The number of benzene rings is 1. The Morgan fingerprint density at radius 3 is 2.74 bits per heavy atom. The van der Waals surface area contributed by atoms with Gasteiger partial charge in [0.1, 0.15) is 5.75 Å². The monoisotopic (exact) mass is 331 g/mol. The molecule has 0 saturated carbocycles. The number of carbonyl (C=O) groups excluding carboxylic acids is 1. The van der Waals surface area contributed by atoms with Crippen LogP contribution in [-0.2, 0) is 15.7 Å². The van der Waals surface area contributed by atoms with Crippen LogP contribution in [0.5, 0.6) is 5.75 Å². The fourth-order valence-electron chi connectivity index (χ4n) is 2.43. The summed E-state index contributed by atoms with van der Waals surface area (Å²) in [7, 11) is 0. The minimum atomic E-state index is -4.45. The van der Waals surface area contributed by atoms with Gasteiger partial charge in [-0.25, -0.2) is 0 Å². The van der Waals surface area contributed by atoms with Crippen molar-refractivity contribution in [2.24, 2.45) is 0 Å². The van der Waals surface area contributed by atoms with Crippen molar-refractivity contribution < 1.29 is 27.4 Å². The van der Waals surface area contributed by atoms with Gasteiger partial charge in [0.25, 0.3) is 5.91 Å². The second-order valence-corrected chi connectivity index (χ2v) is 5.63. The molecule has 0 spiro atoms. The second kappa shape index (κ2) is 7.21. The van der Waals surface area contributed by atoms with Crippen molar-refractivity contribution in [1.82, 2.24) is 5.32 Å². The third kappa shape index (κ3) is 4.86. The molecule has 3 atom stereocenters. The summed E-state index contributed by atoms with van der Waals surface area (Å²) < 4.78 is 48.8. The highest BCUT2D eigenvalue weighted by Gasteiger charge is 2.31. The van der Waals surface area contributed by atoms with E-state index in [1.165, 1.54) is 19.1 Å². The van der Waals surface area contributed by atoms with Crippen LogP contribution < -0.4 is 10.1 Å². The van der Waals surface area contributed by atoms with Gasteiger partial charge in [-0.15, -0.1) is 0 Å². The summed E-state index contributed by atoms with van der Waals surface area (Å²) in [4.78, 5) is 12.1. The minimum Gasteiger partial charge on any atom is -0.481 e. The molecule has 7 heteroatoms. The molecule has 2 rings (SSSR count). The molecule has 128 valence electrons. The maximum atomic E-state index is 12.7. The second-order valence-electron chi connectivity index (χ2n) is 5.63. The predicted octanol–water partition coefficient (Wildman–Crippen LogP) is 3.16. The molecule has 23 heavy (non-hydrogen) atoms. The lowest BCUT2D eigenvalue weighted by molar-refractivity contribution is -0.137. The smallest absolute Gasteiger partial charge is 0.416 e. The van der Waals surface area contributed by atoms with Crippen LogP contribution in [-0.4, -0.2) is 30.8 Å². The zero-order valence-corrected chi connectivity index (χ0v) is 13.0. The van der Waals surface area contributed by atoms with Gasteiger partial charge in [-0.1, -0.05) is 6.07 Å². The average Bonchev–Trinajstić information content (AvgIpc) is 3.00. The van der Waals surface area contributed by atoms with Gasteiger partial charge in [0, 0.05) is 6.61 Å². The molecule has 1 saturated heterocycles. The Morgan fingerprint density at radius 1 is 1.39 bits per heavy atom. The zero-order chi connectivity index (χ0) is 17.0. The molecule has 1 fully saturated rings. The third-order valence-corrected chi connectivity index (χ3v) is 3.74. The van der Waals surface area contributed by atoms with E-state index in [1.54, 1.807) is 0 Å². The molecule has 0 aliphatic carbocycles. The van der Waals surface area contributed by atoms with E-state index in [-0.39, 0.29) is 23.8 Å². The molecule has 1 heterocycles. The average molecular weight is 331 g/mol. The van der Waals surface area contributed by atoms with E-state index in [0.29, 0.717) is 6.61 Å². The number of carbonyl (C=O) groups is 1. The van der Waals surface area contributed by atoms with Gasteiger partial charge in [-0.3, -0.25) is 4.79 Å². The summed E-state index contributed by atoms with van der Waals surface area (Å²) in [5.74, 6) is -0.377. The number of halogens is 3. The molecule has 1 aliphatic heterocycles. The normalized spacial score (nSPS) is 20.8. The lowest BCUT2D eigenvalue weighted by Gasteiger charge is -2.22. The fourth-order valence-corrected chi connectivity index (χ4v) is 2.43. The van der Waals surface area contributed by atoms with Crippen LogP contribution in [0.15, 0.2) is 24.3 Å². The lowest BCUT2D eigenvalue weighted by atomic mass is 10.1. The molecule has 1 N–H and O–H groups in total. The standard InChI is InChI=1S/C16H20F3NO3/c1-10(14-7-4-8-22-14)20-15(21)11(2)23-13-6-3-5-12(9-13)16(17,18)19/h3,5-6,9-11,14H,4,7-8H2,1-2H3,(H,20,21)/t10-,11-,14+/m0/s1. The summed E-state index contributed by atoms with van der Waals surface area (Å²) in [6.45, 7) is 4.02. The van der Waals surface area contributed by atoms with Gasteiger partial charge in [0.15, 0.2) is 6.10 Å². The first-order valence-corrected chi connectivity index (χ1v) is 7.53. The van der Waals surface area contributed by atoms with Crippen LogP contribution in [0.1, 0.15) is 32.3 Å². The Bertz CT molecular complexity index is 542. The molecular weight excluding hydrogens is 311 g/mol. The fraction of sp³-hybridized carbons (Fsp3) is 0.562. The van der Waals surface area contributed by atoms with Gasteiger partial charge in [0.05, 0.1) is 17.7 Å². The van der Waals surface area contributed by atoms with Crippen molar-refractivity contribution in [2.45, 2.75) is 51.1 Å². The van der Waals surface area contributed by atoms with Crippen molar-refractivity contribution >= 4 is 5.91 Å². The van der Waals surface area contributed by atoms with Crippen LogP contribution in [0.25, 0.3) is 0 Å². The lowest BCUT2D eigenvalue weighted by Crippen LogP contribution is -2.46. The van der Waals surface area contributed by atoms with E-state index in [2.05, 4.69) is 5.32 Å². The third-order valence-electron chi connectivity index (χ3n) is 3.74. The zero-order valence-electron chi connectivity index (χ0n) is 13.0. The first kappa shape index (κ1) is 17.6. The summed E-state index contributed by atoms with van der Waals surface area (Å²) in [6.07, 6.45) is -3.54. The Hall–Kier alpha value is -1.76. The number of nitrogens with one attached hydrogen (secondary N) is 1. The van der Waals surface area contributed by atoms with E-state index in [1.807, 2.05) is 6.92 Å². The van der Waals surface area contributed by atoms with Crippen LogP contribution in [0.2, 0.25) is 0 Å². The molecule has 1 aromatic rings. The van der Waals surface area contributed by atoms with E-state index in [9.17, 15) is 18.0 Å². The van der Waals surface area contributed by atoms with Crippen molar-refractivity contribution in [2.75, 3.05) is 6.61 Å². The Labute approximate surface area is 133 Å². The molecule has 0 radical (unpaired) electrons. The van der Waals surface area contributed by atoms with E-state index < -0.39 is 17.8 Å². The maximum absolute atomic E-state index is 12.7. The van der Waals surface area contributed by atoms with Crippen LogP contribution in [0.4, 0.5) is 13.2 Å². The summed E-state index contributed by atoms with van der Waals surface area (Å²) in [6, 6.07) is 4.31. The van der Waals surface area contributed by atoms with E-state index in [0.717, 1.165) is 25.0 Å². The SMILES string of the molecule is C[C@H](Oc1cccc(C(F)(F)F)c1)C(=O)N[C@@H](C)[C@H]1CCCO1. The quantitative estimate of drug-likeness (QED) is 0.902. The van der Waals surface area contributed by atoms with Crippen molar-refractivity contribution in [3.05, 3.63) is 29.8 Å². The summed E-state index contributed by atoms with van der Waals surface area (Å²) >= 11 is 0. The number of alkyl halides is 3. The minimum absolute atomic E-state index is 0.00671. The molecule has 1 aliphatic rings. The molecule has 4 nitrogen and oxygen atoms in total.